The van der Waals surface area contributed by atoms with Crippen molar-refractivity contribution in [1.82, 2.24) is 9.97 Å². The molecule has 204 valence electrons. The van der Waals surface area contributed by atoms with Crippen LogP contribution in [0.1, 0.15) is 57.7 Å². The summed E-state index contributed by atoms with van der Waals surface area (Å²) < 4.78 is 40.4. The van der Waals surface area contributed by atoms with Gasteiger partial charge in [-0.15, -0.1) is 0 Å². The Morgan fingerprint density at radius 1 is 1.18 bits per heavy atom. The molecule has 0 spiro atoms. The van der Waals surface area contributed by atoms with Crippen molar-refractivity contribution < 1.29 is 38.0 Å². The number of carbonyl (C=O) groups is 1. The zero-order valence-corrected chi connectivity index (χ0v) is 25.2. The molecule has 0 saturated heterocycles. The summed E-state index contributed by atoms with van der Waals surface area (Å²) in [6.45, 7) is 6.38. The van der Waals surface area contributed by atoms with Gasteiger partial charge in [0.15, 0.2) is 0 Å². The summed E-state index contributed by atoms with van der Waals surface area (Å²) in [4.78, 5) is 19.6. The number of rotatable bonds is 12. The van der Waals surface area contributed by atoms with Gasteiger partial charge in [-0.2, -0.15) is 0 Å². The average Bonchev–Trinajstić information content (AvgIpc) is 2.74. The Bertz CT molecular complexity index is 1230. The zero-order valence-electron chi connectivity index (χ0n) is 22.1. The predicted molar refractivity (Wildman–Crippen MR) is 141 cm³/mol. The van der Waals surface area contributed by atoms with E-state index in [0.29, 0.717) is 16.8 Å². The van der Waals surface area contributed by atoms with Crippen LogP contribution in [0.2, 0.25) is 0 Å². The second-order valence-corrected chi connectivity index (χ2v) is 11.8. The summed E-state index contributed by atoms with van der Waals surface area (Å²) in [6, 6.07) is 5.38. The third kappa shape index (κ3) is 10.1. The number of aliphatic hydroxyl groups is 3. The first-order valence-electron chi connectivity index (χ1n) is 11.6. The molecule has 0 saturated carbocycles. The number of sulfonamides is 1. The second-order valence-electron chi connectivity index (χ2n) is 9.76. The topological polar surface area (TPSA) is 164 Å². The van der Waals surface area contributed by atoms with Gasteiger partial charge >= 0.3 is 37.7 Å². The van der Waals surface area contributed by atoms with Gasteiger partial charge in [0.1, 0.15) is 5.82 Å². The second kappa shape index (κ2) is 14.1. The normalized spacial score (nSPS) is 13.8. The molecule has 2 aromatic rings. The molecule has 0 aliphatic heterocycles. The molecule has 38 heavy (non-hydrogen) atoms. The molecule has 13 heteroatoms. The smallest absolute Gasteiger partial charge is 0.550 e. The van der Waals surface area contributed by atoms with E-state index in [1.165, 1.54) is 57.3 Å². The van der Waals surface area contributed by atoms with Crippen LogP contribution in [0.5, 0.6) is 0 Å². The number of carboxylic acids is 1. The molecule has 0 fully saturated rings. The van der Waals surface area contributed by atoms with Gasteiger partial charge in [-0.1, -0.05) is 26.0 Å². The predicted octanol–water partition coefficient (Wildman–Crippen LogP) is 0.827. The minimum absolute atomic E-state index is 0. The van der Waals surface area contributed by atoms with Crippen LogP contribution in [-0.2, 0) is 14.8 Å². The molecule has 2 atom stereocenters. The molecule has 0 radical (unpaired) electrons. The van der Waals surface area contributed by atoms with Crippen molar-refractivity contribution >= 4 is 65.8 Å². The van der Waals surface area contributed by atoms with Crippen molar-refractivity contribution in [2.24, 2.45) is 0 Å². The van der Waals surface area contributed by atoms with Gasteiger partial charge in [-0.05, 0) is 44.0 Å². The molecule has 10 nitrogen and oxygen atoms in total. The van der Waals surface area contributed by atoms with Crippen molar-refractivity contribution in [1.29, 1.82) is 0 Å². The van der Waals surface area contributed by atoms with Crippen LogP contribution >= 0.6 is 0 Å². The third-order valence-electron chi connectivity index (χ3n) is 5.26. The molecule has 0 amide bonds. The van der Waals surface area contributed by atoms with E-state index in [0.717, 1.165) is 4.31 Å². The van der Waals surface area contributed by atoms with E-state index in [2.05, 4.69) is 9.97 Å². The first kappa shape index (κ1) is 34.4. The summed E-state index contributed by atoms with van der Waals surface area (Å²) in [5, 5.41) is 40.8. The molecule has 1 aromatic heterocycles. The van der Waals surface area contributed by atoms with E-state index in [4.69, 9.17) is 0 Å². The Morgan fingerprint density at radius 3 is 2.26 bits per heavy atom. The van der Waals surface area contributed by atoms with Crippen molar-refractivity contribution in [3.05, 3.63) is 47.4 Å². The first-order chi connectivity index (χ1) is 17.0. The molecule has 1 heterocycles. The number of aliphatic hydroxyl groups excluding tert-OH is 2. The minimum Gasteiger partial charge on any atom is -0.550 e. The number of halogens is 1. The van der Waals surface area contributed by atoms with Crippen LogP contribution in [0, 0.1) is 5.82 Å². The number of benzene rings is 1. The maximum Gasteiger partial charge on any atom is 2.00 e. The largest absolute Gasteiger partial charge is 2.00 e. The van der Waals surface area contributed by atoms with Crippen LogP contribution in [-0.4, -0.2) is 108 Å². The van der Waals surface area contributed by atoms with Crippen LogP contribution in [0.15, 0.2) is 30.3 Å². The number of carbonyl (C=O) groups excluding carboxylic acids is 1. The van der Waals surface area contributed by atoms with Crippen molar-refractivity contribution in [2.75, 3.05) is 17.1 Å². The summed E-state index contributed by atoms with van der Waals surface area (Å²) in [7, 11) is -2.75. The average molecular weight is 579 g/mol. The quantitative estimate of drug-likeness (QED) is 0.310. The fourth-order valence-corrected chi connectivity index (χ4v) is 4.97. The van der Waals surface area contributed by atoms with Crippen LogP contribution < -0.4 is 9.41 Å². The summed E-state index contributed by atoms with van der Waals surface area (Å²) in [5.74, 6) is -2.91. The van der Waals surface area contributed by atoms with E-state index in [9.17, 15) is 38.0 Å². The Labute approximate surface area is 252 Å². The van der Waals surface area contributed by atoms with Gasteiger partial charge in [0, 0.05) is 37.0 Å². The zero-order chi connectivity index (χ0) is 28.1. The number of carboxylic acid groups (broad SMARTS) is 1. The monoisotopic (exact) mass is 578 g/mol. The van der Waals surface area contributed by atoms with E-state index in [1.807, 2.05) is 13.8 Å². The van der Waals surface area contributed by atoms with Gasteiger partial charge in [0.2, 0.25) is 16.0 Å². The molecule has 0 aliphatic carbocycles. The van der Waals surface area contributed by atoms with Crippen molar-refractivity contribution in [3.8, 4) is 11.3 Å². The Kier molecular flexibility index (Phi) is 12.8. The summed E-state index contributed by atoms with van der Waals surface area (Å²) in [5.41, 5.74) is 0.0537. The van der Waals surface area contributed by atoms with Crippen molar-refractivity contribution in [3.63, 3.8) is 0 Å². The number of hydrogen-bond acceptors (Lipinski definition) is 9. The number of hydrogen-bond donors (Lipinski definition) is 3. The number of aliphatic carboxylic acids is 1. The molecular weight excluding hydrogens is 545 g/mol. The number of nitrogens with zero attached hydrogens (tertiary/aromatic N) is 3. The van der Waals surface area contributed by atoms with Gasteiger partial charge in [-0.25, -0.2) is 27.1 Å². The van der Waals surface area contributed by atoms with Crippen LogP contribution in [0.3, 0.4) is 0 Å². The van der Waals surface area contributed by atoms with Crippen molar-refractivity contribution in [2.45, 2.75) is 64.3 Å². The fraction of sp³-hybridized carbons (Fsp3) is 0.480. The van der Waals surface area contributed by atoms with E-state index in [1.54, 1.807) is 0 Å². The standard InChI is InChI=1S/C25H34FN3O7S.Ca/c1-15(2)22-20(11-10-18(30)12-19(31)13-21(32)33)23(16-6-8-17(26)9-7-16)28-24(27-22)29(5)37(35,36)14-25(3,4)34;/h6-11,15,18-19,30-31,34H,12-14H2,1-5H3,(H,32,33);/q;+2/p-1/b11-10+;/t18-,19-;/m1./s1. The Hall–Kier alpha value is -1.67. The maximum absolute atomic E-state index is 13.6. The van der Waals surface area contributed by atoms with Crippen LogP contribution in [0.4, 0.5) is 10.3 Å². The van der Waals surface area contributed by atoms with E-state index >= 15 is 0 Å². The first-order valence-corrected chi connectivity index (χ1v) is 13.2. The molecule has 0 unspecified atom stereocenters. The van der Waals surface area contributed by atoms with E-state index < -0.39 is 51.8 Å². The van der Waals surface area contributed by atoms with Gasteiger partial charge in [0.05, 0.1) is 34.9 Å². The van der Waals surface area contributed by atoms with Gasteiger partial charge in [0.25, 0.3) is 0 Å². The Morgan fingerprint density at radius 2 is 1.76 bits per heavy atom. The molecule has 0 aliphatic rings. The summed E-state index contributed by atoms with van der Waals surface area (Å²) in [6.07, 6.45) is -0.593. The SMILES string of the molecule is CC(C)c1nc(N(C)S(=O)(=O)CC(C)(C)O)nc(-c2ccc(F)cc2)c1/C=C/[C@@H](O)C[C@@H](O)CC(=O)[O-].[Ca+2]. The summed E-state index contributed by atoms with van der Waals surface area (Å²) >= 11 is 0. The van der Waals surface area contributed by atoms with Gasteiger partial charge in [-0.3, -0.25) is 0 Å². The third-order valence-corrected chi connectivity index (χ3v) is 7.33. The van der Waals surface area contributed by atoms with Crippen LogP contribution in [0.25, 0.3) is 17.3 Å². The minimum atomic E-state index is -4.02. The molecule has 2 rings (SSSR count). The molecule has 0 bridgehead atoms. The Balaban J connectivity index is 0.00000722. The molecule has 3 N–H and O–H groups in total. The van der Waals surface area contributed by atoms with Gasteiger partial charge < -0.3 is 25.2 Å². The maximum atomic E-state index is 13.6. The fourth-order valence-electron chi connectivity index (χ4n) is 3.56. The number of anilines is 1. The van der Waals surface area contributed by atoms with E-state index in [-0.39, 0.29) is 61.7 Å². The number of aromatic nitrogens is 2. The molecular formula is C25H33CaFN3O7S+. The molecule has 1 aromatic carbocycles.